The molecule has 0 saturated heterocycles. The molecule has 3 nitrogen and oxygen atoms in total. The Bertz CT molecular complexity index is 351. The van der Waals surface area contributed by atoms with E-state index in [9.17, 15) is 5.11 Å². The Morgan fingerprint density at radius 2 is 2.12 bits per heavy atom. The highest BCUT2D eigenvalue weighted by Crippen LogP contribution is 2.37. The molecule has 88 valence electrons. The third kappa shape index (κ3) is 2.66. The van der Waals surface area contributed by atoms with Gasteiger partial charge in [-0.1, -0.05) is 30.5 Å². The zero-order valence-electron chi connectivity index (χ0n) is 9.25. The number of aliphatic hydroxyl groups excluding tert-OH is 1. The van der Waals surface area contributed by atoms with Crippen LogP contribution in [0, 0.1) is 5.41 Å². The molecule has 16 heavy (non-hydrogen) atoms. The van der Waals surface area contributed by atoms with Crippen LogP contribution in [0.4, 0.5) is 5.82 Å². The summed E-state index contributed by atoms with van der Waals surface area (Å²) in [6.07, 6.45) is 4.62. The number of hydrogen-bond acceptors (Lipinski definition) is 3. The van der Waals surface area contributed by atoms with Crippen LogP contribution in [0.25, 0.3) is 0 Å². The maximum absolute atomic E-state index is 9.46. The first-order chi connectivity index (χ1) is 7.74. The van der Waals surface area contributed by atoms with Crippen molar-refractivity contribution in [3.63, 3.8) is 0 Å². The van der Waals surface area contributed by atoms with Gasteiger partial charge in [0.05, 0.1) is 6.61 Å². The number of pyridine rings is 1. The molecular weight excluding hydrogens is 224 g/mol. The standard InChI is InChI=1S/C12H17ClN2O/c13-10-4-3-5-11(15-10)14-8-12(9-16)6-1-2-7-12/h3-5,16H,1-2,6-9H2,(H,14,15). The van der Waals surface area contributed by atoms with Crippen molar-refractivity contribution in [2.45, 2.75) is 25.7 Å². The first kappa shape index (κ1) is 11.7. The van der Waals surface area contributed by atoms with Crippen molar-refractivity contribution in [3.05, 3.63) is 23.4 Å². The highest BCUT2D eigenvalue weighted by atomic mass is 35.5. The Labute approximate surface area is 101 Å². The number of nitrogens with zero attached hydrogens (tertiary/aromatic N) is 1. The third-order valence-electron chi connectivity index (χ3n) is 3.36. The summed E-state index contributed by atoms with van der Waals surface area (Å²) < 4.78 is 0. The molecule has 1 heterocycles. The molecule has 1 aromatic heterocycles. The van der Waals surface area contributed by atoms with Crippen LogP contribution in [-0.4, -0.2) is 23.2 Å². The Balaban J connectivity index is 1.95. The lowest BCUT2D eigenvalue weighted by molar-refractivity contribution is 0.142. The van der Waals surface area contributed by atoms with Crippen LogP contribution in [0.2, 0.25) is 5.15 Å². The Hall–Kier alpha value is -0.800. The van der Waals surface area contributed by atoms with Crippen molar-refractivity contribution in [3.8, 4) is 0 Å². The van der Waals surface area contributed by atoms with Gasteiger partial charge in [0.1, 0.15) is 11.0 Å². The molecule has 1 saturated carbocycles. The average molecular weight is 241 g/mol. The van der Waals surface area contributed by atoms with Crippen LogP contribution in [0.15, 0.2) is 18.2 Å². The smallest absolute Gasteiger partial charge is 0.131 e. The van der Waals surface area contributed by atoms with Crippen molar-refractivity contribution in [1.29, 1.82) is 0 Å². The maximum atomic E-state index is 9.46. The monoisotopic (exact) mass is 240 g/mol. The Morgan fingerprint density at radius 1 is 1.38 bits per heavy atom. The first-order valence-electron chi connectivity index (χ1n) is 5.71. The molecule has 1 aliphatic carbocycles. The fourth-order valence-electron chi connectivity index (χ4n) is 2.30. The molecule has 1 aliphatic rings. The van der Waals surface area contributed by atoms with Crippen LogP contribution < -0.4 is 5.32 Å². The number of rotatable bonds is 4. The second kappa shape index (κ2) is 5.02. The molecule has 4 heteroatoms. The number of hydrogen-bond donors (Lipinski definition) is 2. The third-order valence-corrected chi connectivity index (χ3v) is 3.57. The van der Waals surface area contributed by atoms with E-state index >= 15 is 0 Å². The SMILES string of the molecule is OCC1(CNc2cccc(Cl)n2)CCCC1. The molecule has 0 radical (unpaired) electrons. The van der Waals surface area contributed by atoms with E-state index in [4.69, 9.17) is 11.6 Å². The second-order valence-electron chi connectivity index (χ2n) is 4.56. The molecule has 0 aromatic carbocycles. The highest BCUT2D eigenvalue weighted by molar-refractivity contribution is 6.29. The van der Waals surface area contributed by atoms with E-state index in [0.29, 0.717) is 5.15 Å². The lowest BCUT2D eigenvalue weighted by Gasteiger charge is -2.26. The zero-order valence-corrected chi connectivity index (χ0v) is 10.0. The van der Waals surface area contributed by atoms with E-state index in [0.717, 1.165) is 25.2 Å². The maximum Gasteiger partial charge on any atom is 0.131 e. The number of nitrogens with one attached hydrogen (secondary N) is 1. The summed E-state index contributed by atoms with van der Waals surface area (Å²) in [4.78, 5) is 4.17. The molecule has 2 rings (SSSR count). The minimum absolute atomic E-state index is 0.0456. The number of halogens is 1. The fourth-order valence-corrected chi connectivity index (χ4v) is 2.46. The largest absolute Gasteiger partial charge is 0.396 e. The molecule has 2 N–H and O–H groups in total. The quantitative estimate of drug-likeness (QED) is 0.796. The highest BCUT2D eigenvalue weighted by Gasteiger charge is 2.32. The molecule has 0 unspecified atom stereocenters. The Kier molecular flexibility index (Phi) is 3.66. The van der Waals surface area contributed by atoms with Crippen LogP contribution >= 0.6 is 11.6 Å². The summed E-state index contributed by atoms with van der Waals surface area (Å²) >= 11 is 5.81. The van der Waals surface area contributed by atoms with E-state index in [-0.39, 0.29) is 12.0 Å². The van der Waals surface area contributed by atoms with Crippen molar-refractivity contribution in [2.75, 3.05) is 18.5 Å². The predicted octanol–water partition coefficient (Wildman–Crippen LogP) is 2.70. The predicted molar refractivity (Wildman–Crippen MR) is 65.7 cm³/mol. The lowest BCUT2D eigenvalue weighted by Crippen LogP contribution is -2.30. The average Bonchev–Trinajstić information content (AvgIpc) is 2.76. The van der Waals surface area contributed by atoms with E-state index < -0.39 is 0 Å². The summed E-state index contributed by atoms with van der Waals surface area (Å²) in [6.45, 7) is 1.03. The topological polar surface area (TPSA) is 45.1 Å². The van der Waals surface area contributed by atoms with Gasteiger partial charge in [-0.25, -0.2) is 4.98 Å². The van der Waals surface area contributed by atoms with Gasteiger partial charge in [-0.2, -0.15) is 0 Å². The second-order valence-corrected chi connectivity index (χ2v) is 4.95. The van der Waals surface area contributed by atoms with Crippen LogP contribution in [0.1, 0.15) is 25.7 Å². The molecule has 0 bridgehead atoms. The summed E-state index contributed by atoms with van der Waals surface area (Å²) in [7, 11) is 0. The lowest BCUT2D eigenvalue weighted by atomic mass is 9.87. The van der Waals surface area contributed by atoms with E-state index in [2.05, 4.69) is 10.3 Å². The van der Waals surface area contributed by atoms with Gasteiger partial charge in [-0.15, -0.1) is 0 Å². The van der Waals surface area contributed by atoms with Crippen molar-refractivity contribution >= 4 is 17.4 Å². The minimum Gasteiger partial charge on any atom is -0.396 e. The van der Waals surface area contributed by atoms with Crippen molar-refractivity contribution in [2.24, 2.45) is 5.41 Å². The fraction of sp³-hybridized carbons (Fsp3) is 0.583. The minimum atomic E-state index is 0.0456. The molecular formula is C12H17ClN2O. The van der Waals surface area contributed by atoms with Crippen molar-refractivity contribution in [1.82, 2.24) is 4.98 Å². The summed E-state index contributed by atoms with van der Waals surface area (Å²) in [5.74, 6) is 0.784. The summed E-state index contributed by atoms with van der Waals surface area (Å²) in [5.41, 5.74) is 0.0456. The van der Waals surface area contributed by atoms with Crippen LogP contribution in [-0.2, 0) is 0 Å². The zero-order chi connectivity index (χ0) is 11.4. The van der Waals surface area contributed by atoms with Crippen LogP contribution in [0.3, 0.4) is 0 Å². The van der Waals surface area contributed by atoms with Gasteiger partial charge in [0, 0.05) is 12.0 Å². The van der Waals surface area contributed by atoms with Gasteiger partial charge in [0.2, 0.25) is 0 Å². The normalized spacial score (nSPS) is 18.6. The van der Waals surface area contributed by atoms with E-state index in [1.165, 1.54) is 12.8 Å². The summed E-state index contributed by atoms with van der Waals surface area (Å²) in [6, 6.07) is 5.52. The molecule has 1 fully saturated rings. The van der Waals surface area contributed by atoms with Gasteiger partial charge >= 0.3 is 0 Å². The van der Waals surface area contributed by atoms with Gasteiger partial charge in [-0.3, -0.25) is 0 Å². The van der Waals surface area contributed by atoms with Gasteiger partial charge in [0.25, 0.3) is 0 Å². The first-order valence-corrected chi connectivity index (χ1v) is 6.09. The van der Waals surface area contributed by atoms with E-state index in [1.54, 1.807) is 6.07 Å². The van der Waals surface area contributed by atoms with Gasteiger partial charge in [0.15, 0.2) is 0 Å². The van der Waals surface area contributed by atoms with Gasteiger partial charge < -0.3 is 10.4 Å². The molecule has 0 atom stereocenters. The molecule has 0 spiro atoms. The Morgan fingerprint density at radius 3 is 2.75 bits per heavy atom. The number of anilines is 1. The van der Waals surface area contributed by atoms with E-state index in [1.807, 2.05) is 12.1 Å². The van der Waals surface area contributed by atoms with Crippen LogP contribution in [0.5, 0.6) is 0 Å². The number of aliphatic hydroxyl groups is 1. The van der Waals surface area contributed by atoms with Crippen molar-refractivity contribution < 1.29 is 5.11 Å². The molecule has 0 aliphatic heterocycles. The number of aromatic nitrogens is 1. The van der Waals surface area contributed by atoms with Gasteiger partial charge in [-0.05, 0) is 25.0 Å². The molecule has 1 aromatic rings. The molecule has 0 amide bonds. The summed E-state index contributed by atoms with van der Waals surface area (Å²) in [5, 5.41) is 13.2.